The second-order valence-electron chi connectivity index (χ2n) is 4.90. The lowest BCUT2D eigenvalue weighted by Crippen LogP contribution is -2.15. The van der Waals surface area contributed by atoms with Crippen LogP contribution in [0, 0.1) is 11.7 Å². The van der Waals surface area contributed by atoms with E-state index in [1.807, 2.05) is 13.8 Å². The third kappa shape index (κ3) is 3.35. The second kappa shape index (κ2) is 6.18. The first-order chi connectivity index (χ1) is 9.38. The molecule has 0 bridgehead atoms. The average molecular weight is 404 g/mol. The Hall–Kier alpha value is -1.01. The first-order valence-electron chi connectivity index (χ1n) is 6.12. The van der Waals surface area contributed by atoms with Gasteiger partial charge in [0, 0.05) is 10.0 Å². The number of hydrogen-bond donors (Lipinski definition) is 1. The van der Waals surface area contributed by atoms with Crippen LogP contribution >= 0.6 is 31.9 Å². The van der Waals surface area contributed by atoms with Crippen molar-refractivity contribution in [2.75, 3.05) is 0 Å². The van der Waals surface area contributed by atoms with Crippen molar-refractivity contribution >= 4 is 31.9 Å². The van der Waals surface area contributed by atoms with Gasteiger partial charge in [0.1, 0.15) is 16.1 Å². The van der Waals surface area contributed by atoms with E-state index in [-0.39, 0.29) is 11.4 Å². The van der Waals surface area contributed by atoms with E-state index in [1.54, 1.807) is 6.07 Å². The average Bonchev–Trinajstić information content (AvgIpc) is 2.37. The SMILES string of the molecule is CC(C)Cc1nc(-c2cc(F)ccc2Br)[nH]c(=O)c1Br. The zero-order valence-electron chi connectivity index (χ0n) is 11.0. The number of nitrogens with zero attached hydrogens (tertiary/aromatic N) is 1. The lowest BCUT2D eigenvalue weighted by atomic mass is 10.1. The summed E-state index contributed by atoms with van der Waals surface area (Å²) in [7, 11) is 0. The molecule has 2 aromatic rings. The van der Waals surface area contributed by atoms with Gasteiger partial charge in [-0.2, -0.15) is 0 Å². The maximum absolute atomic E-state index is 13.4. The van der Waals surface area contributed by atoms with E-state index < -0.39 is 0 Å². The van der Waals surface area contributed by atoms with E-state index in [0.29, 0.717) is 38.4 Å². The molecule has 106 valence electrons. The standard InChI is InChI=1S/C14H13Br2FN2O/c1-7(2)5-11-12(16)14(20)19-13(18-11)9-6-8(17)3-4-10(9)15/h3-4,6-7H,5H2,1-2H3,(H,18,19,20). The van der Waals surface area contributed by atoms with Gasteiger partial charge in [0.2, 0.25) is 0 Å². The van der Waals surface area contributed by atoms with E-state index in [2.05, 4.69) is 41.8 Å². The lowest BCUT2D eigenvalue weighted by Gasteiger charge is -2.10. The fourth-order valence-corrected chi connectivity index (χ4v) is 2.62. The number of hydrogen-bond acceptors (Lipinski definition) is 2. The molecule has 0 spiro atoms. The second-order valence-corrected chi connectivity index (χ2v) is 6.54. The molecule has 20 heavy (non-hydrogen) atoms. The topological polar surface area (TPSA) is 45.8 Å². The zero-order chi connectivity index (χ0) is 14.9. The third-order valence-electron chi connectivity index (χ3n) is 2.72. The minimum absolute atomic E-state index is 0.262. The van der Waals surface area contributed by atoms with Crippen LogP contribution in [0.2, 0.25) is 0 Å². The van der Waals surface area contributed by atoms with Crippen molar-refractivity contribution in [2.24, 2.45) is 5.92 Å². The molecule has 2 rings (SSSR count). The van der Waals surface area contributed by atoms with Crippen LogP contribution in [-0.4, -0.2) is 9.97 Å². The van der Waals surface area contributed by atoms with E-state index in [1.165, 1.54) is 12.1 Å². The molecule has 1 aromatic heterocycles. The van der Waals surface area contributed by atoms with Gasteiger partial charge in [-0.3, -0.25) is 4.79 Å². The Morgan fingerprint density at radius 2 is 2.05 bits per heavy atom. The third-order valence-corrected chi connectivity index (χ3v) is 4.23. The van der Waals surface area contributed by atoms with Gasteiger partial charge in [-0.05, 0) is 46.5 Å². The van der Waals surface area contributed by atoms with Gasteiger partial charge < -0.3 is 4.98 Å². The molecule has 6 heteroatoms. The Morgan fingerprint density at radius 3 is 2.70 bits per heavy atom. The Morgan fingerprint density at radius 1 is 1.35 bits per heavy atom. The van der Waals surface area contributed by atoms with Gasteiger partial charge in [-0.15, -0.1) is 0 Å². The molecule has 0 atom stereocenters. The van der Waals surface area contributed by atoms with E-state index in [9.17, 15) is 9.18 Å². The van der Waals surface area contributed by atoms with Gasteiger partial charge in [0.25, 0.3) is 5.56 Å². The minimum Gasteiger partial charge on any atom is -0.305 e. The maximum Gasteiger partial charge on any atom is 0.265 e. The first-order valence-corrected chi connectivity index (χ1v) is 7.71. The Labute approximate surface area is 132 Å². The van der Waals surface area contributed by atoms with Gasteiger partial charge in [0.05, 0.1) is 5.69 Å². The molecule has 0 saturated carbocycles. The highest BCUT2D eigenvalue weighted by molar-refractivity contribution is 9.10. The molecule has 0 aliphatic rings. The summed E-state index contributed by atoms with van der Waals surface area (Å²) in [6.07, 6.45) is 0.671. The summed E-state index contributed by atoms with van der Waals surface area (Å²) >= 11 is 6.60. The van der Waals surface area contributed by atoms with Crippen molar-refractivity contribution in [3.05, 3.63) is 49.0 Å². The van der Waals surface area contributed by atoms with Crippen LogP contribution in [0.25, 0.3) is 11.4 Å². The largest absolute Gasteiger partial charge is 0.305 e. The fraction of sp³-hybridized carbons (Fsp3) is 0.286. The number of nitrogens with one attached hydrogen (secondary N) is 1. The number of aromatic amines is 1. The summed E-state index contributed by atoms with van der Waals surface area (Å²) in [6, 6.07) is 4.28. The zero-order valence-corrected chi connectivity index (χ0v) is 14.2. The predicted molar refractivity (Wildman–Crippen MR) is 84.2 cm³/mol. The summed E-state index contributed by atoms with van der Waals surface area (Å²) < 4.78 is 14.5. The van der Waals surface area contributed by atoms with E-state index in [0.717, 1.165) is 0 Å². The van der Waals surface area contributed by atoms with Gasteiger partial charge in [-0.1, -0.05) is 29.8 Å². The number of aromatic nitrogens is 2. The van der Waals surface area contributed by atoms with Crippen LogP contribution in [0.15, 0.2) is 31.9 Å². The van der Waals surface area contributed by atoms with Crippen molar-refractivity contribution in [1.29, 1.82) is 0 Å². The summed E-state index contributed by atoms with van der Waals surface area (Å²) in [5.74, 6) is 0.351. The Balaban J connectivity index is 2.60. The Bertz CT molecular complexity index is 698. The maximum atomic E-state index is 13.4. The molecule has 1 heterocycles. The minimum atomic E-state index is -0.376. The summed E-state index contributed by atoms with van der Waals surface area (Å²) in [5.41, 5.74) is 0.941. The van der Waals surface area contributed by atoms with Crippen molar-refractivity contribution in [3.63, 3.8) is 0 Å². The van der Waals surface area contributed by atoms with Crippen molar-refractivity contribution < 1.29 is 4.39 Å². The lowest BCUT2D eigenvalue weighted by molar-refractivity contribution is 0.626. The molecular weight excluding hydrogens is 391 g/mol. The molecule has 0 radical (unpaired) electrons. The molecule has 0 fully saturated rings. The molecular formula is C14H13Br2FN2O. The molecule has 1 N–H and O–H groups in total. The summed E-state index contributed by atoms with van der Waals surface area (Å²) in [4.78, 5) is 19.1. The van der Waals surface area contributed by atoms with Crippen LogP contribution < -0.4 is 5.56 Å². The summed E-state index contributed by atoms with van der Waals surface area (Å²) in [6.45, 7) is 4.10. The number of halogens is 3. The molecule has 0 amide bonds. The monoisotopic (exact) mass is 402 g/mol. The van der Waals surface area contributed by atoms with Crippen molar-refractivity contribution in [2.45, 2.75) is 20.3 Å². The van der Waals surface area contributed by atoms with Gasteiger partial charge >= 0.3 is 0 Å². The van der Waals surface area contributed by atoms with Crippen LogP contribution in [0.3, 0.4) is 0 Å². The number of benzene rings is 1. The predicted octanol–water partition coefficient (Wildman–Crippen LogP) is 4.30. The highest BCUT2D eigenvalue weighted by Crippen LogP contribution is 2.27. The molecule has 0 aliphatic heterocycles. The smallest absolute Gasteiger partial charge is 0.265 e. The van der Waals surface area contributed by atoms with E-state index >= 15 is 0 Å². The molecule has 0 aliphatic carbocycles. The van der Waals surface area contributed by atoms with Crippen LogP contribution in [0.5, 0.6) is 0 Å². The Kier molecular flexibility index (Phi) is 4.75. The highest BCUT2D eigenvalue weighted by atomic mass is 79.9. The van der Waals surface area contributed by atoms with Crippen molar-refractivity contribution in [1.82, 2.24) is 9.97 Å². The quantitative estimate of drug-likeness (QED) is 0.830. The summed E-state index contributed by atoms with van der Waals surface area (Å²) in [5, 5.41) is 0. The number of rotatable bonds is 3. The van der Waals surface area contributed by atoms with Gasteiger partial charge in [-0.25, -0.2) is 9.37 Å². The first kappa shape index (κ1) is 15.4. The molecule has 0 unspecified atom stereocenters. The fourth-order valence-electron chi connectivity index (χ4n) is 1.83. The van der Waals surface area contributed by atoms with Gasteiger partial charge in [0.15, 0.2) is 0 Å². The van der Waals surface area contributed by atoms with Crippen LogP contribution in [-0.2, 0) is 6.42 Å². The molecule has 0 saturated heterocycles. The van der Waals surface area contributed by atoms with E-state index in [4.69, 9.17) is 0 Å². The highest BCUT2D eigenvalue weighted by Gasteiger charge is 2.14. The number of H-pyrrole nitrogens is 1. The molecule has 3 nitrogen and oxygen atoms in total. The normalized spacial score (nSPS) is 11.1. The van der Waals surface area contributed by atoms with Crippen LogP contribution in [0.4, 0.5) is 4.39 Å². The molecule has 1 aromatic carbocycles. The van der Waals surface area contributed by atoms with Crippen molar-refractivity contribution in [3.8, 4) is 11.4 Å². The van der Waals surface area contributed by atoms with Crippen LogP contribution in [0.1, 0.15) is 19.5 Å².